The first-order valence-electron chi connectivity index (χ1n) is 11.2. The molecule has 0 bridgehead atoms. The minimum Gasteiger partial charge on any atom is -0.496 e. The van der Waals surface area contributed by atoms with Gasteiger partial charge in [0.1, 0.15) is 11.6 Å². The maximum Gasteiger partial charge on any atom is 0.246 e. The first kappa shape index (κ1) is 20.5. The first-order valence-corrected chi connectivity index (χ1v) is 11.2. The van der Waals surface area contributed by atoms with Crippen molar-refractivity contribution in [1.29, 1.82) is 0 Å². The molecule has 1 fully saturated rings. The van der Waals surface area contributed by atoms with Crippen molar-refractivity contribution in [2.45, 2.75) is 25.7 Å². The summed E-state index contributed by atoms with van der Waals surface area (Å²) in [5.74, 6) is 2.44. The summed E-state index contributed by atoms with van der Waals surface area (Å²) < 4.78 is 5.59. The van der Waals surface area contributed by atoms with Crippen molar-refractivity contribution < 1.29 is 14.3 Å². The van der Waals surface area contributed by atoms with Gasteiger partial charge in [-0.05, 0) is 66.0 Å². The predicted octanol–water partition coefficient (Wildman–Crippen LogP) is 3.80. The van der Waals surface area contributed by atoms with E-state index >= 15 is 0 Å². The molecule has 1 aromatic heterocycles. The molecular weight excluding hydrogens is 402 g/mol. The third-order valence-electron chi connectivity index (χ3n) is 6.66. The Labute approximate surface area is 188 Å². The number of hydrogen-bond acceptors (Lipinski definition) is 4. The van der Waals surface area contributed by atoms with E-state index in [1.807, 2.05) is 29.2 Å². The molecule has 0 aromatic carbocycles. The summed E-state index contributed by atoms with van der Waals surface area (Å²) in [6.45, 7) is 1.53. The summed E-state index contributed by atoms with van der Waals surface area (Å²) in [6, 6.07) is 2.00. The van der Waals surface area contributed by atoms with Crippen molar-refractivity contribution in [2.24, 2.45) is 11.8 Å². The lowest BCUT2D eigenvalue weighted by Gasteiger charge is -2.17. The highest BCUT2D eigenvalue weighted by Crippen LogP contribution is 2.41. The minimum atomic E-state index is 0.00160. The highest BCUT2D eigenvalue weighted by Gasteiger charge is 2.38. The molecule has 32 heavy (non-hydrogen) atoms. The lowest BCUT2D eigenvalue weighted by atomic mass is 9.97. The van der Waals surface area contributed by atoms with Gasteiger partial charge in [-0.3, -0.25) is 9.59 Å². The van der Waals surface area contributed by atoms with Crippen molar-refractivity contribution in [2.75, 3.05) is 25.5 Å². The van der Waals surface area contributed by atoms with E-state index in [0.717, 1.165) is 42.8 Å². The minimum absolute atomic E-state index is 0.00160. The van der Waals surface area contributed by atoms with Crippen LogP contribution in [0.5, 0.6) is 0 Å². The van der Waals surface area contributed by atoms with E-state index in [1.165, 1.54) is 11.1 Å². The van der Waals surface area contributed by atoms with E-state index in [1.54, 1.807) is 19.4 Å². The van der Waals surface area contributed by atoms with Gasteiger partial charge >= 0.3 is 0 Å². The van der Waals surface area contributed by atoms with Gasteiger partial charge in [0.05, 0.1) is 7.11 Å². The van der Waals surface area contributed by atoms with E-state index in [2.05, 4.69) is 28.5 Å². The molecule has 164 valence electrons. The summed E-state index contributed by atoms with van der Waals surface area (Å²) in [4.78, 5) is 30.5. The number of nitrogens with one attached hydrogen (secondary N) is 1. The topological polar surface area (TPSA) is 71.5 Å². The molecule has 2 atom stereocenters. The van der Waals surface area contributed by atoms with Gasteiger partial charge in [-0.15, -0.1) is 0 Å². The normalized spacial score (nSPS) is 24.3. The number of carbonyl (C=O) groups excluding carboxylic acids is 2. The lowest BCUT2D eigenvalue weighted by Crippen LogP contribution is -2.27. The Morgan fingerprint density at radius 2 is 2.22 bits per heavy atom. The Hall–Kier alpha value is -3.41. The second kappa shape index (κ2) is 8.61. The monoisotopic (exact) mass is 429 g/mol. The van der Waals surface area contributed by atoms with E-state index in [4.69, 9.17) is 4.74 Å². The van der Waals surface area contributed by atoms with Gasteiger partial charge in [0.2, 0.25) is 11.8 Å². The van der Waals surface area contributed by atoms with Crippen LogP contribution in [-0.2, 0) is 20.7 Å². The van der Waals surface area contributed by atoms with Crippen LogP contribution in [0, 0.1) is 11.8 Å². The largest absolute Gasteiger partial charge is 0.496 e. The molecule has 0 spiro atoms. The highest BCUT2D eigenvalue weighted by molar-refractivity contribution is 5.94. The average Bonchev–Trinajstić information content (AvgIpc) is 3.28. The second-order valence-corrected chi connectivity index (χ2v) is 8.74. The fraction of sp³-hybridized carbons (Fsp3) is 0.346. The van der Waals surface area contributed by atoms with Crippen molar-refractivity contribution in [1.82, 2.24) is 9.88 Å². The zero-order chi connectivity index (χ0) is 22.1. The summed E-state index contributed by atoms with van der Waals surface area (Å²) in [7, 11) is 1.72. The molecule has 0 saturated carbocycles. The average molecular weight is 430 g/mol. The number of aryl methyl sites for hydroxylation is 1. The fourth-order valence-corrected chi connectivity index (χ4v) is 5.01. The van der Waals surface area contributed by atoms with Crippen molar-refractivity contribution in [3.63, 3.8) is 0 Å². The zero-order valence-electron chi connectivity index (χ0n) is 18.2. The molecule has 2 amide bonds. The number of aromatic nitrogens is 1. The van der Waals surface area contributed by atoms with Crippen molar-refractivity contribution >= 4 is 23.7 Å². The molecule has 2 unspecified atom stereocenters. The number of pyridine rings is 1. The molecule has 0 radical (unpaired) electrons. The highest BCUT2D eigenvalue weighted by atomic mass is 16.5. The number of methoxy groups -OCH3 is 1. The summed E-state index contributed by atoms with van der Waals surface area (Å²) in [5.41, 5.74) is 4.43. The predicted molar refractivity (Wildman–Crippen MR) is 123 cm³/mol. The van der Waals surface area contributed by atoms with Gasteiger partial charge in [-0.1, -0.05) is 24.3 Å². The maximum absolute atomic E-state index is 12.8. The fourth-order valence-electron chi connectivity index (χ4n) is 5.01. The van der Waals surface area contributed by atoms with Gasteiger partial charge < -0.3 is 15.0 Å². The molecule has 1 N–H and O–H groups in total. The Balaban J connectivity index is 1.23. The Morgan fingerprint density at radius 3 is 3.06 bits per heavy atom. The SMILES string of the molecule is COC1=CC=CCC=C1C1=CC2CN(C(=O)/C=C/c3cnc4c(c3)CCC(=O)N4)CC2C1. The van der Waals surface area contributed by atoms with Crippen LogP contribution in [-0.4, -0.2) is 41.9 Å². The Kier molecular flexibility index (Phi) is 5.52. The quantitative estimate of drug-likeness (QED) is 0.739. The van der Waals surface area contributed by atoms with Gasteiger partial charge in [-0.2, -0.15) is 0 Å². The van der Waals surface area contributed by atoms with Crippen LogP contribution < -0.4 is 5.32 Å². The third kappa shape index (κ3) is 4.05. The van der Waals surface area contributed by atoms with Crippen LogP contribution in [0.4, 0.5) is 5.82 Å². The van der Waals surface area contributed by atoms with Crippen LogP contribution in [0.25, 0.3) is 6.08 Å². The molecule has 4 aliphatic rings. The zero-order valence-corrected chi connectivity index (χ0v) is 18.2. The molecule has 6 heteroatoms. The number of nitrogens with zero attached hydrogens (tertiary/aromatic N) is 2. The number of carbonyl (C=O) groups is 2. The first-order chi connectivity index (χ1) is 15.6. The molecule has 3 heterocycles. The van der Waals surface area contributed by atoms with Crippen molar-refractivity contribution in [3.8, 4) is 0 Å². The smallest absolute Gasteiger partial charge is 0.246 e. The van der Waals surface area contributed by atoms with Gasteiger partial charge in [0, 0.05) is 37.4 Å². The number of allylic oxidation sites excluding steroid dienone is 5. The van der Waals surface area contributed by atoms with E-state index < -0.39 is 0 Å². The molecule has 5 rings (SSSR count). The van der Waals surface area contributed by atoms with Gasteiger partial charge in [-0.25, -0.2) is 4.98 Å². The molecule has 2 aliphatic heterocycles. The van der Waals surface area contributed by atoms with E-state index in [9.17, 15) is 9.59 Å². The van der Waals surface area contributed by atoms with Crippen LogP contribution in [0.15, 0.2) is 65.6 Å². The summed E-state index contributed by atoms with van der Waals surface area (Å²) in [5, 5.41) is 2.78. The second-order valence-electron chi connectivity index (χ2n) is 8.74. The van der Waals surface area contributed by atoms with Gasteiger partial charge in [0.25, 0.3) is 0 Å². The molecule has 2 aliphatic carbocycles. The number of likely N-dealkylation sites (tertiary alicyclic amines) is 1. The Morgan fingerprint density at radius 1 is 1.31 bits per heavy atom. The lowest BCUT2D eigenvalue weighted by molar-refractivity contribution is -0.125. The van der Waals surface area contributed by atoms with E-state index in [-0.39, 0.29) is 11.8 Å². The van der Waals surface area contributed by atoms with Crippen molar-refractivity contribution in [3.05, 3.63) is 76.8 Å². The summed E-state index contributed by atoms with van der Waals surface area (Å²) in [6.07, 6.45) is 19.0. The van der Waals surface area contributed by atoms with Crippen LogP contribution >= 0.6 is 0 Å². The number of ether oxygens (including phenoxy) is 1. The van der Waals surface area contributed by atoms with Crippen LogP contribution in [0.3, 0.4) is 0 Å². The summed E-state index contributed by atoms with van der Waals surface area (Å²) >= 11 is 0. The number of fused-ring (bicyclic) bond motifs is 2. The third-order valence-corrected chi connectivity index (χ3v) is 6.66. The van der Waals surface area contributed by atoms with Gasteiger partial charge in [0.15, 0.2) is 0 Å². The molecular formula is C26H27N3O3. The van der Waals surface area contributed by atoms with E-state index in [0.29, 0.717) is 30.5 Å². The maximum atomic E-state index is 12.8. The molecule has 6 nitrogen and oxygen atoms in total. The van der Waals surface area contributed by atoms with Crippen LogP contribution in [0.2, 0.25) is 0 Å². The molecule has 1 saturated heterocycles. The Bertz CT molecular complexity index is 1110. The number of hydrogen-bond donors (Lipinski definition) is 1. The standard InChI is InChI=1S/C26H27N3O3/c1-32-23-6-4-2-3-5-22(23)19-12-20-15-29(16-21(20)13-19)25(31)10-7-17-11-18-8-9-24(30)28-26(18)27-14-17/h2,4-7,10-12,14,20-21H,3,8-9,13,15-16H2,1H3,(H,27,28,30)/b10-7+. The number of anilines is 1. The van der Waals surface area contributed by atoms with Crippen LogP contribution in [0.1, 0.15) is 30.4 Å². The molecule has 1 aromatic rings. The number of rotatable bonds is 4. The number of amides is 2.